The normalized spacial score (nSPS) is 21.0. The highest BCUT2D eigenvalue weighted by Crippen LogP contribution is 2.30. The number of rotatable bonds is 2. The highest BCUT2D eigenvalue weighted by Gasteiger charge is 2.44. The summed E-state index contributed by atoms with van der Waals surface area (Å²) in [5.74, 6) is 0. The summed E-state index contributed by atoms with van der Waals surface area (Å²) in [4.78, 5) is 14.2. The van der Waals surface area contributed by atoms with Crippen molar-refractivity contribution in [1.82, 2.24) is 4.90 Å². The Balaban J connectivity index is 2.16. The van der Waals surface area contributed by atoms with E-state index in [4.69, 9.17) is 9.47 Å². The molecule has 1 aliphatic rings. The molecule has 1 fully saturated rings. The van der Waals surface area contributed by atoms with E-state index in [1.165, 1.54) is 3.57 Å². The van der Waals surface area contributed by atoms with Crippen molar-refractivity contribution in [1.29, 1.82) is 0 Å². The molecule has 0 unspecified atom stereocenters. The molecule has 1 aliphatic heterocycles. The lowest BCUT2D eigenvalue weighted by Gasteiger charge is -2.34. The van der Waals surface area contributed by atoms with Gasteiger partial charge in [-0.3, -0.25) is 4.90 Å². The molecule has 0 bridgehead atoms. The fourth-order valence-electron chi connectivity index (χ4n) is 2.44. The van der Waals surface area contributed by atoms with Gasteiger partial charge in [0.25, 0.3) is 0 Å². The second-order valence-corrected chi connectivity index (χ2v) is 8.33. The second kappa shape index (κ2) is 6.81. The lowest BCUT2D eigenvalue weighted by Crippen LogP contribution is -2.49. The first kappa shape index (κ1) is 18.3. The van der Waals surface area contributed by atoms with Crippen molar-refractivity contribution in [3.8, 4) is 0 Å². The van der Waals surface area contributed by atoms with Crippen molar-refractivity contribution < 1.29 is 14.3 Å². The maximum absolute atomic E-state index is 12.5. The van der Waals surface area contributed by atoms with Crippen molar-refractivity contribution in [2.75, 3.05) is 6.61 Å². The van der Waals surface area contributed by atoms with Crippen LogP contribution in [0.1, 0.15) is 40.2 Å². The third-order valence-corrected chi connectivity index (χ3v) is 4.21. The molecule has 0 saturated carbocycles. The van der Waals surface area contributed by atoms with E-state index in [2.05, 4.69) is 46.9 Å². The number of amides is 1. The molecule has 1 amide bonds. The van der Waals surface area contributed by atoms with Crippen molar-refractivity contribution >= 4 is 34.8 Å². The summed E-state index contributed by atoms with van der Waals surface area (Å²) in [6, 6.07) is 8.08. The van der Waals surface area contributed by atoms with E-state index in [-0.39, 0.29) is 12.1 Å². The monoisotopic (exact) mass is 429 g/mol. The molecule has 0 radical (unpaired) electrons. The van der Waals surface area contributed by atoms with Crippen molar-refractivity contribution in [3.63, 3.8) is 0 Å². The first-order valence-electron chi connectivity index (χ1n) is 7.68. The number of benzene rings is 1. The molecule has 2 rings (SSSR count). The van der Waals surface area contributed by atoms with Crippen molar-refractivity contribution in [2.24, 2.45) is 0 Å². The highest BCUT2D eigenvalue weighted by atomic mass is 127. The predicted octanol–water partition coefficient (Wildman–Crippen LogP) is 4.68. The molecule has 1 atom stereocenters. The van der Waals surface area contributed by atoms with Crippen molar-refractivity contribution in [3.05, 3.63) is 39.5 Å². The Kier molecular flexibility index (Phi) is 5.41. The summed E-state index contributed by atoms with van der Waals surface area (Å²) in [5, 5.41) is 0. The summed E-state index contributed by atoms with van der Waals surface area (Å²) in [7, 11) is 0. The van der Waals surface area contributed by atoms with E-state index in [9.17, 15) is 4.79 Å². The van der Waals surface area contributed by atoms with Crippen LogP contribution >= 0.6 is 22.6 Å². The van der Waals surface area contributed by atoms with Gasteiger partial charge in [0.05, 0.1) is 12.6 Å². The minimum Gasteiger partial charge on any atom is -0.444 e. The van der Waals surface area contributed by atoms with E-state index < -0.39 is 11.3 Å². The first-order chi connectivity index (χ1) is 10.6. The quantitative estimate of drug-likeness (QED) is 0.642. The fourth-order valence-corrected chi connectivity index (χ4v) is 2.80. The minimum absolute atomic E-state index is 0.140. The highest BCUT2D eigenvalue weighted by molar-refractivity contribution is 14.1. The molecule has 1 aromatic carbocycles. The van der Waals surface area contributed by atoms with E-state index in [1.807, 2.05) is 46.8 Å². The van der Waals surface area contributed by atoms with E-state index in [0.717, 1.165) is 5.56 Å². The van der Waals surface area contributed by atoms with Crippen LogP contribution in [0, 0.1) is 3.57 Å². The van der Waals surface area contributed by atoms with Gasteiger partial charge < -0.3 is 9.47 Å². The molecule has 0 aromatic heterocycles. The molecule has 1 heterocycles. The molecule has 126 valence electrons. The van der Waals surface area contributed by atoms with Gasteiger partial charge in [-0.2, -0.15) is 0 Å². The average Bonchev–Trinajstić information content (AvgIpc) is 2.71. The van der Waals surface area contributed by atoms with Crippen LogP contribution in [0.25, 0.3) is 6.08 Å². The largest absolute Gasteiger partial charge is 0.444 e. The lowest BCUT2D eigenvalue weighted by molar-refractivity contribution is -0.0610. The zero-order valence-electron chi connectivity index (χ0n) is 14.3. The van der Waals surface area contributed by atoms with Crippen LogP contribution in [-0.4, -0.2) is 35.0 Å². The van der Waals surface area contributed by atoms with Gasteiger partial charge in [0, 0.05) is 3.57 Å². The predicted molar refractivity (Wildman–Crippen MR) is 100 cm³/mol. The molecular weight excluding hydrogens is 405 g/mol. The summed E-state index contributed by atoms with van der Waals surface area (Å²) in [6.45, 7) is 9.83. The summed E-state index contributed by atoms with van der Waals surface area (Å²) >= 11 is 2.28. The Morgan fingerprint density at radius 3 is 2.52 bits per heavy atom. The molecule has 0 spiro atoms. The number of carbonyl (C=O) groups is 1. The fraction of sp³-hybridized carbons (Fsp3) is 0.500. The molecular formula is C18H24INO3. The molecule has 23 heavy (non-hydrogen) atoms. The number of hydrogen-bond acceptors (Lipinski definition) is 3. The SMILES string of the molecule is CC(C)(C)OC(=O)N1[C@@H](/C=C/c2ccc(I)cc2)COC1(C)C. The van der Waals surface area contributed by atoms with Crippen LogP contribution in [0.15, 0.2) is 30.3 Å². The second-order valence-electron chi connectivity index (χ2n) is 7.09. The first-order valence-corrected chi connectivity index (χ1v) is 8.76. The molecule has 1 saturated heterocycles. The van der Waals surface area contributed by atoms with Crippen molar-refractivity contribution in [2.45, 2.75) is 52.0 Å². The Morgan fingerprint density at radius 1 is 1.35 bits per heavy atom. The van der Waals surface area contributed by atoms with Crippen LogP contribution in [0.4, 0.5) is 4.79 Å². The van der Waals surface area contributed by atoms with Gasteiger partial charge in [-0.05, 0) is 74.9 Å². The summed E-state index contributed by atoms with van der Waals surface area (Å²) < 4.78 is 12.5. The Labute approximate surface area is 152 Å². The molecule has 1 aromatic rings. The maximum atomic E-state index is 12.5. The topological polar surface area (TPSA) is 38.8 Å². The van der Waals surface area contributed by atoms with E-state index in [0.29, 0.717) is 6.61 Å². The van der Waals surface area contributed by atoms with Gasteiger partial charge in [-0.15, -0.1) is 0 Å². The Bertz CT molecular complexity index is 587. The molecule has 0 N–H and O–H groups in total. The van der Waals surface area contributed by atoms with E-state index in [1.54, 1.807) is 4.90 Å². The van der Waals surface area contributed by atoms with Crippen LogP contribution in [-0.2, 0) is 9.47 Å². The van der Waals surface area contributed by atoms with E-state index >= 15 is 0 Å². The molecule has 4 nitrogen and oxygen atoms in total. The number of hydrogen-bond donors (Lipinski definition) is 0. The van der Waals surface area contributed by atoms with Gasteiger partial charge in [0.1, 0.15) is 11.3 Å². The van der Waals surface area contributed by atoms with Crippen LogP contribution in [0.2, 0.25) is 0 Å². The van der Waals surface area contributed by atoms with Gasteiger partial charge in [-0.1, -0.05) is 24.3 Å². The number of nitrogens with zero attached hydrogens (tertiary/aromatic N) is 1. The van der Waals surface area contributed by atoms with Crippen LogP contribution in [0.3, 0.4) is 0 Å². The third-order valence-electron chi connectivity index (χ3n) is 3.49. The van der Waals surface area contributed by atoms with Crippen LogP contribution < -0.4 is 0 Å². The number of ether oxygens (including phenoxy) is 2. The lowest BCUT2D eigenvalue weighted by atomic mass is 10.1. The van der Waals surface area contributed by atoms with Gasteiger partial charge in [0.15, 0.2) is 0 Å². The number of halogens is 1. The maximum Gasteiger partial charge on any atom is 0.413 e. The minimum atomic E-state index is -0.677. The number of carbonyl (C=O) groups excluding carboxylic acids is 1. The Morgan fingerprint density at radius 2 is 1.96 bits per heavy atom. The molecule has 0 aliphatic carbocycles. The third kappa shape index (κ3) is 4.94. The summed E-state index contributed by atoms with van der Waals surface area (Å²) in [6.07, 6.45) is 3.67. The van der Waals surface area contributed by atoms with Gasteiger partial charge in [0.2, 0.25) is 0 Å². The average molecular weight is 429 g/mol. The Hall–Kier alpha value is -1.08. The van der Waals surface area contributed by atoms with Gasteiger partial charge >= 0.3 is 6.09 Å². The van der Waals surface area contributed by atoms with Gasteiger partial charge in [-0.25, -0.2) is 4.79 Å². The standard InChI is InChI=1S/C18H24INO3/c1-17(2,3)23-16(21)20-15(12-22-18(20,4)5)11-8-13-6-9-14(19)10-7-13/h6-11,15H,12H2,1-5H3/b11-8+/t15-/m0/s1. The van der Waals surface area contributed by atoms with Crippen LogP contribution in [0.5, 0.6) is 0 Å². The summed E-state index contributed by atoms with van der Waals surface area (Å²) in [5.41, 5.74) is -0.108. The molecule has 5 heteroatoms. The smallest absolute Gasteiger partial charge is 0.413 e. The zero-order chi connectivity index (χ0) is 17.3. The zero-order valence-corrected chi connectivity index (χ0v) is 16.5.